The second kappa shape index (κ2) is 3.90. The molecule has 1 amide bonds. The van der Waals surface area contributed by atoms with Crippen molar-refractivity contribution in [3.63, 3.8) is 0 Å². The van der Waals surface area contributed by atoms with Gasteiger partial charge < -0.3 is 5.32 Å². The van der Waals surface area contributed by atoms with Gasteiger partial charge in [-0.15, -0.1) is 0 Å². The molecule has 0 aliphatic rings. The number of carbonyl (C=O) groups excluding carboxylic acids is 1. The fourth-order valence-corrected chi connectivity index (χ4v) is 1.11. The molecule has 0 bridgehead atoms. The van der Waals surface area contributed by atoms with E-state index in [4.69, 9.17) is 0 Å². The number of carbonyl (C=O) groups is 1. The van der Waals surface area contributed by atoms with E-state index in [0.29, 0.717) is 0 Å². The summed E-state index contributed by atoms with van der Waals surface area (Å²) in [7, 11) is 1.65. The van der Waals surface area contributed by atoms with Crippen molar-refractivity contribution in [1.29, 1.82) is 0 Å². The fraction of sp³-hybridized carbons (Fsp3) is 0.300. The average molecular weight is 163 g/mol. The lowest BCUT2D eigenvalue weighted by Crippen LogP contribution is -2.23. The predicted molar refractivity (Wildman–Crippen MR) is 48.9 cm³/mol. The first-order valence-corrected chi connectivity index (χ1v) is 4.02. The average Bonchev–Trinajstić information content (AvgIpc) is 2.17. The quantitative estimate of drug-likeness (QED) is 0.704. The zero-order valence-electron chi connectivity index (χ0n) is 7.37. The molecule has 0 unspecified atom stereocenters. The highest BCUT2D eigenvalue weighted by Gasteiger charge is 2.11. The van der Waals surface area contributed by atoms with Crippen LogP contribution in [-0.4, -0.2) is 13.0 Å². The van der Waals surface area contributed by atoms with Crippen LogP contribution in [0, 0.1) is 0 Å². The van der Waals surface area contributed by atoms with Gasteiger partial charge in [-0.05, 0) is 12.5 Å². The molecule has 0 aliphatic heterocycles. The van der Waals surface area contributed by atoms with Gasteiger partial charge in [-0.1, -0.05) is 30.3 Å². The van der Waals surface area contributed by atoms with Gasteiger partial charge in [-0.3, -0.25) is 4.79 Å². The molecule has 1 aromatic carbocycles. The van der Waals surface area contributed by atoms with E-state index >= 15 is 0 Å². The van der Waals surface area contributed by atoms with Crippen LogP contribution in [0.1, 0.15) is 18.4 Å². The minimum Gasteiger partial charge on any atom is -0.359 e. The molecular weight excluding hydrogens is 150 g/mol. The van der Waals surface area contributed by atoms with Crippen LogP contribution in [-0.2, 0) is 4.79 Å². The Bertz CT molecular complexity index is 256. The second-order valence-electron chi connectivity index (χ2n) is 2.75. The molecule has 0 aromatic heterocycles. The van der Waals surface area contributed by atoms with Crippen LogP contribution in [0.15, 0.2) is 30.3 Å². The molecule has 2 nitrogen and oxygen atoms in total. The largest absolute Gasteiger partial charge is 0.359 e. The molecule has 12 heavy (non-hydrogen) atoms. The van der Waals surface area contributed by atoms with Crippen molar-refractivity contribution < 1.29 is 4.79 Å². The van der Waals surface area contributed by atoms with Gasteiger partial charge in [-0.25, -0.2) is 0 Å². The molecule has 0 aliphatic carbocycles. The number of hydrogen-bond acceptors (Lipinski definition) is 1. The van der Waals surface area contributed by atoms with Crippen molar-refractivity contribution in [2.45, 2.75) is 12.8 Å². The zero-order chi connectivity index (χ0) is 8.97. The second-order valence-corrected chi connectivity index (χ2v) is 2.75. The lowest BCUT2D eigenvalue weighted by atomic mass is 10.0. The monoisotopic (exact) mass is 163 g/mol. The summed E-state index contributed by atoms with van der Waals surface area (Å²) in [6.45, 7) is 1.90. The first kappa shape index (κ1) is 8.78. The highest BCUT2D eigenvalue weighted by molar-refractivity contribution is 5.82. The summed E-state index contributed by atoms with van der Waals surface area (Å²) >= 11 is 0. The molecule has 1 rings (SSSR count). The lowest BCUT2D eigenvalue weighted by molar-refractivity contribution is -0.121. The molecule has 0 saturated carbocycles. The van der Waals surface area contributed by atoms with Crippen molar-refractivity contribution in [2.24, 2.45) is 0 Å². The third-order valence-electron chi connectivity index (χ3n) is 1.94. The van der Waals surface area contributed by atoms with Crippen molar-refractivity contribution in [1.82, 2.24) is 5.32 Å². The zero-order valence-corrected chi connectivity index (χ0v) is 7.37. The maximum Gasteiger partial charge on any atom is 0.227 e. The minimum atomic E-state index is -0.0591. The van der Waals surface area contributed by atoms with E-state index in [0.717, 1.165) is 5.56 Å². The molecule has 0 spiro atoms. The maximum absolute atomic E-state index is 11.2. The molecule has 1 aromatic rings. The Morgan fingerprint density at radius 3 is 2.42 bits per heavy atom. The van der Waals surface area contributed by atoms with Crippen LogP contribution in [0.2, 0.25) is 0 Å². The van der Waals surface area contributed by atoms with E-state index in [9.17, 15) is 4.79 Å². The molecule has 0 saturated heterocycles. The summed E-state index contributed by atoms with van der Waals surface area (Å²) in [6, 6.07) is 9.74. The van der Waals surface area contributed by atoms with Gasteiger partial charge in [0.05, 0.1) is 5.92 Å². The number of hydrogen-bond donors (Lipinski definition) is 1. The van der Waals surface area contributed by atoms with Crippen LogP contribution in [0.3, 0.4) is 0 Å². The topological polar surface area (TPSA) is 29.1 Å². The van der Waals surface area contributed by atoms with Gasteiger partial charge in [0.25, 0.3) is 0 Å². The van der Waals surface area contributed by atoms with E-state index in [2.05, 4.69) is 5.32 Å². The number of likely N-dealkylation sites (N-methyl/N-ethyl adjacent to an activating group) is 1. The smallest absolute Gasteiger partial charge is 0.227 e. The van der Waals surface area contributed by atoms with Crippen molar-refractivity contribution >= 4 is 5.91 Å². The number of rotatable bonds is 2. The van der Waals surface area contributed by atoms with Gasteiger partial charge in [0.15, 0.2) is 0 Å². The van der Waals surface area contributed by atoms with Crippen molar-refractivity contribution in [3.05, 3.63) is 35.9 Å². The maximum atomic E-state index is 11.2. The van der Waals surface area contributed by atoms with Crippen LogP contribution in [0.4, 0.5) is 0 Å². The van der Waals surface area contributed by atoms with Crippen LogP contribution in [0.5, 0.6) is 0 Å². The molecule has 0 fully saturated rings. The number of benzene rings is 1. The molecule has 1 atom stereocenters. The van der Waals surface area contributed by atoms with Gasteiger partial charge in [0, 0.05) is 7.05 Å². The van der Waals surface area contributed by atoms with Gasteiger partial charge in [0.2, 0.25) is 5.91 Å². The molecular formula is C10H13NO. The first-order valence-electron chi connectivity index (χ1n) is 4.02. The Labute approximate surface area is 72.6 Å². The number of nitrogens with one attached hydrogen (secondary N) is 1. The summed E-state index contributed by atoms with van der Waals surface area (Å²) in [6.07, 6.45) is 0. The standard InChI is InChI=1S/C10H13NO/c1-8(10(12)11-2)9-6-4-3-5-7-9/h3-8H,1-2H3,(H,11,12)/t8-/m0/s1. The van der Waals surface area contributed by atoms with Gasteiger partial charge >= 0.3 is 0 Å². The normalized spacial score (nSPS) is 12.2. The Morgan fingerprint density at radius 1 is 1.33 bits per heavy atom. The summed E-state index contributed by atoms with van der Waals surface area (Å²) in [5, 5.41) is 2.62. The van der Waals surface area contributed by atoms with E-state index in [1.807, 2.05) is 37.3 Å². The van der Waals surface area contributed by atoms with E-state index < -0.39 is 0 Å². The first-order chi connectivity index (χ1) is 5.75. The molecule has 64 valence electrons. The van der Waals surface area contributed by atoms with E-state index in [1.165, 1.54) is 0 Å². The Balaban J connectivity index is 2.78. The van der Waals surface area contributed by atoms with Crippen LogP contribution >= 0.6 is 0 Å². The Morgan fingerprint density at radius 2 is 1.92 bits per heavy atom. The summed E-state index contributed by atoms with van der Waals surface area (Å²) in [4.78, 5) is 11.2. The Kier molecular flexibility index (Phi) is 2.86. The van der Waals surface area contributed by atoms with E-state index in [1.54, 1.807) is 7.05 Å². The molecule has 2 heteroatoms. The predicted octanol–water partition coefficient (Wildman–Crippen LogP) is 1.54. The molecule has 1 N–H and O–H groups in total. The minimum absolute atomic E-state index is 0.0567. The molecule has 0 heterocycles. The highest BCUT2D eigenvalue weighted by Crippen LogP contribution is 2.13. The molecule has 0 radical (unpaired) electrons. The van der Waals surface area contributed by atoms with Crippen LogP contribution in [0.25, 0.3) is 0 Å². The third-order valence-corrected chi connectivity index (χ3v) is 1.94. The third kappa shape index (κ3) is 1.84. The van der Waals surface area contributed by atoms with Gasteiger partial charge in [0.1, 0.15) is 0 Å². The van der Waals surface area contributed by atoms with Crippen LogP contribution < -0.4 is 5.32 Å². The van der Waals surface area contributed by atoms with E-state index in [-0.39, 0.29) is 11.8 Å². The van der Waals surface area contributed by atoms with Crippen molar-refractivity contribution in [3.8, 4) is 0 Å². The number of amides is 1. The summed E-state index contributed by atoms with van der Waals surface area (Å²) < 4.78 is 0. The van der Waals surface area contributed by atoms with Crippen molar-refractivity contribution in [2.75, 3.05) is 7.05 Å². The lowest BCUT2D eigenvalue weighted by Gasteiger charge is -2.08. The SMILES string of the molecule is CNC(=O)[C@@H](C)c1ccccc1. The summed E-state index contributed by atoms with van der Waals surface area (Å²) in [5.74, 6) is -0.00241. The Hall–Kier alpha value is -1.31. The highest BCUT2D eigenvalue weighted by atomic mass is 16.1. The fourth-order valence-electron chi connectivity index (χ4n) is 1.11. The summed E-state index contributed by atoms with van der Waals surface area (Å²) in [5.41, 5.74) is 1.05. The van der Waals surface area contributed by atoms with Gasteiger partial charge in [-0.2, -0.15) is 0 Å².